The molecular weight excluding hydrogens is 312 g/mol. The van der Waals surface area contributed by atoms with Crippen LogP contribution in [0.4, 0.5) is 5.82 Å². The first-order valence-corrected chi connectivity index (χ1v) is 8.90. The predicted molar refractivity (Wildman–Crippen MR) is 87.6 cm³/mol. The van der Waals surface area contributed by atoms with Gasteiger partial charge in [-0.25, -0.2) is 4.98 Å². The molecule has 6 nitrogen and oxygen atoms in total. The molecule has 1 fully saturated rings. The number of benzene rings is 1. The van der Waals surface area contributed by atoms with E-state index in [1.165, 1.54) is 0 Å². The molecule has 2 aromatic rings. The van der Waals surface area contributed by atoms with Gasteiger partial charge in [-0.2, -0.15) is 9.29 Å². The molecular formula is C16H18N4O2S. The molecule has 1 aromatic carbocycles. The Morgan fingerprint density at radius 3 is 2.87 bits per heavy atom. The SMILES string of the molecule is [O-][S+]1c2ccccc2CN1c1ccnc(OC2CCNCC2)n1. The summed E-state index contributed by atoms with van der Waals surface area (Å²) in [7, 11) is 0. The van der Waals surface area contributed by atoms with E-state index in [0.29, 0.717) is 18.4 Å². The number of rotatable bonds is 3. The van der Waals surface area contributed by atoms with Gasteiger partial charge in [0, 0.05) is 17.8 Å². The van der Waals surface area contributed by atoms with Crippen LogP contribution in [0.2, 0.25) is 0 Å². The highest BCUT2D eigenvalue weighted by atomic mass is 32.2. The van der Waals surface area contributed by atoms with Gasteiger partial charge >= 0.3 is 6.01 Å². The molecule has 1 unspecified atom stereocenters. The molecule has 0 saturated carbocycles. The minimum atomic E-state index is -1.22. The van der Waals surface area contributed by atoms with Crippen molar-refractivity contribution in [2.45, 2.75) is 30.4 Å². The summed E-state index contributed by atoms with van der Waals surface area (Å²) in [5.41, 5.74) is 1.07. The van der Waals surface area contributed by atoms with E-state index in [0.717, 1.165) is 36.4 Å². The molecule has 0 bridgehead atoms. The van der Waals surface area contributed by atoms with Gasteiger partial charge in [-0.15, -0.1) is 0 Å². The third-order valence-electron chi connectivity index (χ3n) is 4.11. The first kappa shape index (κ1) is 14.7. The van der Waals surface area contributed by atoms with Gasteiger partial charge in [0.15, 0.2) is 10.7 Å². The predicted octanol–water partition coefficient (Wildman–Crippen LogP) is 1.65. The second kappa shape index (κ2) is 6.35. The van der Waals surface area contributed by atoms with Gasteiger partial charge in [-0.05, 0) is 32.0 Å². The zero-order valence-corrected chi connectivity index (χ0v) is 13.5. The summed E-state index contributed by atoms with van der Waals surface area (Å²) in [6.07, 6.45) is 3.72. The Morgan fingerprint density at radius 2 is 2.04 bits per heavy atom. The normalized spacial score (nSPS) is 21.3. The van der Waals surface area contributed by atoms with Crippen LogP contribution in [0.3, 0.4) is 0 Å². The van der Waals surface area contributed by atoms with Crippen LogP contribution in [0.15, 0.2) is 41.4 Å². The molecule has 0 radical (unpaired) electrons. The van der Waals surface area contributed by atoms with Crippen molar-refractivity contribution >= 4 is 17.2 Å². The summed E-state index contributed by atoms with van der Waals surface area (Å²) >= 11 is -1.22. The second-order valence-corrected chi connectivity index (χ2v) is 7.04. The van der Waals surface area contributed by atoms with Crippen molar-refractivity contribution in [1.82, 2.24) is 15.3 Å². The van der Waals surface area contributed by atoms with Crippen molar-refractivity contribution in [2.24, 2.45) is 0 Å². The second-order valence-electron chi connectivity index (χ2n) is 5.66. The van der Waals surface area contributed by atoms with Gasteiger partial charge in [-0.3, -0.25) is 0 Å². The topological polar surface area (TPSA) is 73.3 Å². The lowest BCUT2D eigenvalue weighted by Gasteiger charge is -2.23. The van der Waals surface area contributed by atoms with E-state index in [9.17, 15) is 4.55 Å². The third-order valence-corrected chi connectivity index (χ3v) is 5.60. The van der Waals surface area contributed by atoms with Crippen LogP contribution in [-0.4, -0.2) is 33.7 Å². The van der Waals surface area contributed by atoms with E-state index in [1.807, 2.05) is 24.3 Å². The molecule has 0 spiro atoms. The highest BCUT2D eigenvalue weighted by molar-refractivity contribution is 7.93. The standard InChI is InChI=1S/C16H18N4O2S/c21-23-14-4-2-1-3-12(14)11-20(23)15-7-10-18-16(19-15)22-13-5-8-17-9-6-13/h1-4,7,10,13,17H,5-6,8-9,11H2. The lowest BCUT2D eigenvalue weighted by molar-refractivity contribution is 0.149. The molecule has 1 aromatic heterocycles. The van der Waals surface area contributed by atoms with E-state index in [4.69, 9.17) is 4.74 Å². The van der Waals surface area contributed by atoms with E-state index < -0.39 is 11.4 Å². The average Bonchev–Trinajstić information content (AvgIpc) is 2.93. The maximum atomic E-state index is 12.6. The van der Waals surface area contributed by atoms with Crippen molar-refractivity contribution in [3.8, 4) is 6.01 Å². The van der Waals surface area contributed by atoms with Crippen LogP contribution in [0.5, 0.6) is 6.01 Å². The summed E-state index contributed by atoms with van der Waals surface area (Å²) in [5, 5.41) is 3.30. The van der Waals surface area contributed by atoms with Gasteiger partial charge in [0.1, 0.15) is 17.5 Å². The smallest absolute Gasteiger partial charge is 0.318 e. The molecule has 2 aliphatic rings. The molecule has 3 heterocycles. The number of hydrogen-bond donors (Lipinski definition) is 1. The largest absolute Gasteiger partial charge is 0.588 e. The van der Waals surface area contributed by atoms with Gasteiger partial charge in [0.25, 0.3) is 0 Å². The first-order chi connectivity index (χ1) is 11.3. The molecule has 2 aliphatic heterocycles. The minimum absolute atomic E-state index is 0.146. The van der Waals surface area contributed by atoms with Crippen LogP contribution in [0.25, 0.3) is 0 Å². The summed E-state index contributed by atoms with van der Waals surface area (Å²) in [5.74, 6) is 0.637. The van der Waals surface area contributed by atoms with Crippen LogP contribution >= 0.6 is 0 Å². The molecule has 120 valence electrons. The fourth-order valence-electron chi connectivity index (χ4n) is 2.89. The number of nitrogens with one attached hydrogen (secondary N) is 1. The average molecular weight is 330 g/mol. The Kier molecular flexibility index (Phi) is 4.07. The Labute approximate surface area is 138 Å². The van der Waals surface area contributed by atoms with Crippen LogP contribution in [0, 0.1) is 0 Å². The number of aromatic nitrogens is 2. The number of ether oxygens (including phenoxy) is 1. The van der Waals surface area contributed by atoms with Crippen LogP contribution in [-0.2, 0) is 17.9 Å². The fraction of sp³-hybridized carbons (Fsp3) is 0.375. The molecule has 23 heavy (non-hydrogen) atoms. The Hall–Kier alpha value is -1.83. The number of anilines is 1. The van der Waals surface area contributed by atoms with Gasteiger partial charge < -0.3 is 14.6 Å². The summed E-state index contributed by atoms with van der Waals surface area (Å²) < 4.78 is 20.3. The summed E-state index contributed by atoms with van der Waals surface area (Å²) in [6, 6.07) is 9.91. The molecule has 1 atom stereocenters. The molecule has 1 N–H and O–H groups in total. The zero-order valence-electron chi connectivity index (χ0n) is 12.6. The number of nitrogens with zero attached hydrogens (tertiary/aromatic N) is 3. The number of hydrogen-bond acceptors (Lipinski definition) is 6. The van der Waals surface area contributed by atoms with Crippen LogP contribution in [0.1, 0.15) is 18.4 Å². The Balaban J connectivity index is 1.53. The number of piperidine rings is 1. The molecule has 4 rings (SSSR count). The van der Waals surface area contributed by atoms with Gasteiger partial charge in [0.05, 0.1) is 6.54 Å². The Bertz CT molecular complexity index is 693. The van der Waals surface area contributed by atoms with E-state index in [2.05, 4.69) is 15.3 Å². The maximum Gasteiger partial charge on any atom is 0.318 e. The lowest BCUT2D eigenvalue weighted by atomic mass is 10.1. The van der Waals surface area contributed by atoms with E-state index in [-0.39, 0.29) is 6.10 Å². The van der Waals surface area contributed by atoms with Crippen molar-refractivity contribution in [3.63, 3.8) is 0 Å². The zero-order chi connectivity index (χ0) is 15.6. The lowest BCUT2D eigenvalue weighted by Crippen LogP contribution is -2.34. The van der Waals surface area contributed by atoms with E-state index in [1.54, 1.807) is 16.6 Å². The first-order valence-electron chi connectivity index (χ1n) is 7.79. The highest BCUT2D eigenvalue weighted by Crippen LogP contribution is 2.33. The van der Waals surface area contributed by atoms with E-state index >= 15 is 0 Å². The third kappa shape index (κ3) is 2.99. The molecule has 0 aliphatic carbocycles. The molecule has 7 heteroatoms. The summed E-state index contributed by atoms with van der Waals surface area (Å²) in [6.45, 7) is 2.50. The fourth-order valence-corrected chi connectivity index (χ4v) is 4.21. The quantitative estimate of drug-likeness (QED) is 0.863. The van der Waals surface area contributed by atoms with Gasteiger partial charge in [0.2, 0.25) is 0 Å². The Morgan fingerprint density at radius 1 is 1.22 bits per heavy atom. The van der Waals surface area contributed by atoms with Crippen molar-refractivity contribution in [3.05, 3.63) is 42.1 Å². The maximum absolute atomic E-state index is 12.6. The van der Waals surface area contributed by atoms with Crippen molar-refractivity contribution in [1.29, 1.82) is 0 Å². The molecule has 0 amide bonds. The highest BCUT2D eigenvalue weighted by Gasteiger charge is 2.35. The van der Waals surface area contributed by atoms with Gasteiger partial charge in [-0.1, -0.05) is 18.2 Å². The minimum Gasteiger partial charge on any atom is -0.588 e. The monoisotopic (exact) mass is 330 g/mol. The number of fused-ring (bicyclic) bond motifs is 1. The van der Waals surface area contributed by atoms with Crippen molar-refractivity contribution in [2.75, 3.05) is 17.4 Å². The van der Waals surface area contributed by atoms with Crippen LogP contribution < -0.4 is 14.4 Å². The summed E-state index contributed by atoms with van der Waals surface area (Å²) in [4.78, 5) is 9.51. The molecule has 1 saturated heterocycles. The van der Waals surface area contributed by atoms with Crippen molar-refractivity contribution < 1.29 is 9.29 Å².